The van der Waals surface area contributed by atoms with Crippen molar-refractivity contribution < 1.29 is 29.5 Å². The second-order valence-corrected chi connectivity index (χ2v) is 4.52. The molecule has 2 heterocycles. The SMILES string of the molecule is CO[N+](=O)c1c(N)ncnc1N[C@@H]1O[C@H](CO)[C@@H](O)[C@H]1C=O. The van der Waals surface area contributed by atoms with Gasteiger partial charge in [-0.2, -0.15) is 0 Å². The monoisotopic (exact) mass is 314 g/mol. The van der Waals surface area contributed by atoms with Gasteiger partial charge in [-0.05, 0) is 0 Å². The van der Waals surface area contributed by atoms with Gasteiger partial charge in [0.2, 0.25) is 11.6 Å². The van der Waals surface area contributed by atoms with E-state index in [9.17, 15) is 14.8 Å². The fourth-order valence-electron chi connectivity index (χ4n) is 2.12. The van der Waals surface area contributed by atoms with E-state index in [1.54, 1.807) is 0 Å². The average molecular weight is 314 g/mol. The molecule has 0 aliphatic carbocycles. The van der Waals surface area contributed by atoms with E-state index in [0.29, 0.717) is 6.29 Å². The van der Waals surface area contributed by atoms with Gasteiger partial charge >= 0.3 is 5.69 Å². The van der Waals surface area contributed by atoms with Crippen LogP contribution in [0.5, 0.6) is 0 Å². The van der Waals surface area contributed by atoms with Crippen LogP contribution in [0.15, 0.2) is 6.33 Å². The molecule has 1 saturated heterocycles. The zero-order chi connectivity index (χ0) is 16.3. The predicted octanol–water partition coefficient (Wildman–Crippen LogP) is -1.66. The number of rotatable bonds is 6. The molecule has 0 spiro atoms. The highest BCUT2D eigenvalue weighted by Gasteiger charge is 2.44. The van der Waals surface area contributed by atoms with Gasteiger partial charge in [0, 0.05) is 0 Å². The van der Waals surface area contributed by atoms with E-state index < -0.39 is 31.0 Å². The minimum atomic E-state index is -1.19. The molecule has 5 N–H and O–H groups in total. The summed E-state index contributed by atoms with van der Waals surface area (Å²) in [7, 11) is 1.13. The molecule has 1 aliphatic rings. The van der Waals surface area contributed by atoms with E-state index >= 15 is 0 Å². The van der Waals surface area contributed by atoms with Crippen LogP contribution in [0.2, 0.25) is 0 Å². The number of nitrogens with zero attached hydrogens (tertiary/aromatic N) is 3. The minimum Gasteiger partial charge on any atom is -0.394 e. The lowest BCUT2D eigenvalue weighted by Crippen LogP contribution is -2.33. The van der Waals surface area contributed by atoms with E-state index in [1.807, 2.05) is 0 Å². The molecule has 11 heteroatoms. The largest absolute Gasteiger partial charge is 0.400 e. The lowest BCUT2D eigenvalue weighted by Gasteiger charge is -2.16. The summed E-state index contributed by atoms with van der Waals surface area (Å²) in [6, 6.07) is 0. The molecule has 120 valence electrons. The molecule has 1 fully saturated rings. The van der Waals surface area contributed by atoms with Gasteiger partial charge in [0.15, 0.2) is 7.11 Å². The molecule has 11 nitrogen and oxygen atoms in total. The Morgan fingerprint density at radius 3 is 2.91 bits per heavy atom. The van der Waals surface area contributed by atoms with Crippen LogP contribution in [0.3, 0.4) is 0 Å². The van der Waals surface area contributed by atoms with Crippen LogP contribution in [0, 0.1) is 10.8 Å². The topological polar surface area (TPSA) is 160 Å². The summed E-state index contributed by atoms with van der Waals surface area (Å²) in [6.45, 7) is -0.464. The van der Waals surface area contributed by atoms with Crippen molar-refractivity contribution in [1.29, 1.82) is 0 Å². The molecular weight excluding hydrogens is 298 g/mol. The molecule has 0 saturated carbocycles. The number of aldehydes is 1. The van der Waals surface area contributed by atoms with Crippen LogP contribution in [0.25, 0.3) is 0 Å². The van der Waals surface area contributed by atoms with Crippen LogP contribution in [-0.4, -0.2) is 63.5 Å². The Bertz CT molecular complexity index is 570. The molecule has 0 unspecified atom stereocenters. The number of nitrogens with two attached hydrogens (primary N) is 1. The number of anilines is 2. The molecule has 1 aromatic rings. The molecule has 1 aromatic heterocycles. The third-order valence-electron chi connectivity index (χ3n) is 3.26. The van der Waals surface area contributed by atoms with Gasteiger partial charge in [0.05, 0.1) is 23.5 Å². The Morgan fingerprint density at radius 2 is 2.32 bits per heavy atom. The number of nitrogens with one attached hydrogen (secondary N) is 1. The zero-order valence-electron chi connectivity index (χ0n) is 11.6. The Hall–Kier alpha value is -2.37. The first-order valence-electron chi connectivity index (χ1n) is 6.31. The Balaban J connectivity index is 2.29. The summed E-state index contributed by atoms with van der Waals surface area (Å²) >= 11 is 0. The van der Waals surface area contributed by atoms with Crippen molar-refractivity contribution in [3.05, 3.63) is 11.2 Å². The molecule has 2 rings (SSSR count). The smallest absolute Gasteiger partial charge is 0.394 e. The highest BCUT2D eigenvalue weighted by molar-refractivity contribution is 5.68. The maximum absolute atomic E-state index is 11.7. The number of aliphatic hydroxyl groups excluding tert-OH is 2. The second kappa shape index (κ2) is 6.60. The average Bonchev–Trinajstić information content (AvgIpc) is 2.81. The number of carbonyl (C=O) groups is 1. The normalized spacial score (nSPS) is 27.4. The summed E-state index contributed by atoms with van der Waals surface area (Å²) in [6.07, 6.45) is -1.51. The maximum atomic E-state index is 11.7. The maximum Gasteiger partial charge on any atom is 0.400 e. The Kier molecular flexibility index (Phi) is 4.80. The molecule has 0 amide bonds. The van der Waals surface area contributed by atoms with Gasteiger partial charge in [-0.15, -0.1) is 0 Å². The molecule has 0 aromatic carbocycles. The van der Waals surface area contributed by atoms with Crippen LogP contribution >= 0.6 is 0 Å². The lowest BCUT2D eigenvalue weighted by molar-refractivity contribution is -0.735. The van der Waals surface area contributed by atoms with Gasteiger partial charge in [-0.25, -0.2) is 14.8 Å². The quantitative estimate of drug-likeness (QED) is 0.353. The number of ether oxygens (including phenoxy) is 1. The lowest BCUT2D eigenvalue weighted by atomic mass is 10.0. The van der Waals surface area contributed by atoms with Gasteiger partial charge < -0.3 is 30.8 Å². The Morgan fingerprint density at radius 1 is 1.59 bits per heavy atom. The summed E-state index contributed by atoms with van der Waals surface area (Å²) in [5.74, 6) is -1.13. The molecule has 4 atom stereocenters. The Labute approximate surface area is 124 Å². The summed E-state index contributed by atoms with van der Waals surface area (Å²) < 4.78 is 5.33. The van der Waals surface area contributed by atoms with Crippen molar-refractivity contribution in [2.24, 2.45) is 5.92 Å². The molecule has 1 aliphatic heterocycles. The van der Waals surface area contributed by atoms with E-state index in [4.69, 9.17) is 15.6 Å². The molecule has 0 bridgehead atoms. The van der Waals surface area contributed by atoms with Gasteiger partial charge in [0.25, 0.3) is 4.92 Å². The van der Waals surface area contributed by atoms with Gasteiger partial charge in [-0.1, -0.05) is 0 Å². The number of nitrogen functional groups attached to an aromatic ring is 1. The zero-order valence-corrected chi connectivity index (χ0v) is 11.6. The summed E-state index contributed by atoms with van der Waals surface area (Å²) in [5.41, 5.74) is 5.41. The van der Waals surface area contributed by atoms with E-state index in [1.165, 1.54) is 0 Å². The number of hydrogen-bond acceptors (Lipinski definition) is 10. The standard InChI is InChI=1S/C11H16N5O6/c1-21-16(20)7-9(12)13-4-14-10(7)15-11-5(2-17)8(19)6(3-18)22-11/h2,4-6,8,11,18-19H,3H2,1H3,(H3,12,13,14,15)/q+1/t5-,6-,8+,11-/m1/s1. The van der Waals surface area contributed by atoms with Crippen molar-refractivity contribution in [2.75, 3.05) is 24.8 Å². The third kappa shape index (κ3) is 2.81. The van der Waals surface area contributed by atoms with Crippen molar-refractivity contribution in [3.8, 4) is 0 Å². The van der Waals surface area contributed by atoms with Crippen molar-refractivity contribution >= 4 is 23.6 Å². The van der Waals surface area contributed by atoms with Crippen molar-refractivity contribution in [2.45, 2.75) is 18.4 Å². The molecule has 0 radical (unpaired) electrons. The van der Waals surface area contributed by atoms with E-state index in [2.05, 4.69) is 20.1 Å². The highest BCUT2D eigenvalue weighted by atomic mass is 16.8. The van der Waals surface area contributed by atoms with Crippen LogP contribution in [0.1, 0.15) is 0 Å². The minimum absolute atomic E-state index is 0.0352. The van der Waals surface area contributed by atoms with Crippen LogP contribution in [-0.2, 0) is 14.4 Å². The first-order valence-corrected chi connectivity index (χ1v) is 6.31. The summed E-state index contributed by atoms with van der Waals surface area (Å²) in [5, 5.41) is 21.7. The summed E-state index contributed by atoms with van der Waals surface area (Å²) in [4.78, 5) is 34.9. The first-order chi connectivity index (χ1) is 10.5. The fraction of sp³-hybridized carbons (Fsp3) is 0.545. The van der Waals surface area contributed by atoms with Crippen LogP contribution < -0.4 is 11.1 Å². The van der Waals surface area contributed by atoms with E-state index in [0.717, 1.165) is 13.4 Å². The third-order valence-corrected chi connectivity index (χ3v) is 3.26. The number of aliphatic hydroxyl groups is 2. The first kappa shape index (κ1) is 16.0. The van der Waals surface area contributed by atoms with Crippen molar-refractivity contribution in [1.82, 2.24) is 9.97 Å². The molecular formula is C11H16N5O6+. The van der Waals surface area contributed by atoms with Gasteiger partial charge in [-0.3, -0.25) is 0 Å². The van der Waals surface area contributed by atoms with Gasteiger partial charge in [0.1, 0.15) is 24.9 Å². The number of carbonyl (C=O) groups excluding carboxylic acids is 1. The highest BCUT2D eigenvalue weighted by Crippen LogP contribution is 2.31. The van der Waals surface area contributed by atoms with E-state index in [-0.39, 0.29) is 22.2 Å². The second-order valence-electron chi connectivity index (χ2n) is 4.52. The predicted molar refractivity (Wildman–Crippen MR) is 71.7 cm³/mol. The fourth-order valence-corrected chi connectivity index (χ4v) is 2.12. The number of aromatic nitrogens is 2. The molecule has 22 heavy (non-hydrogen) atoms. The van der Waals surface area contributed by atoms with Crippen LogP contribution in [0.4, 0.5) is 17.3 Å². The van der Waals surface area contributed by atoms with Crippen molar-refractivity contribution in [3.63, 3.8) is 0 Å². The number of hydrogen-bond donors (Lipinski definition) is 4.